The van der Waals surface area contributed by atoms with Gasteiger partial charge < -0.3 is 45.3 Å². The third-order valence-corrected chi connectivity index (χ3v) is 6.79. The molecule has 17 heteroatoms. The Morgan fingerprint density at radius 1 is 0.372 bits per heavy atom. The first-order chi connectivity index (χ1) is 20.2. The van der Waals surface area contributed by atoms with E-state index < -0.39 is 28.5 Å². The number of benzene rings is 4. The molecular weight excluding hydrogens is 819 g/mol. The zero-order valence-corrected chi connectivity index (χ0v) is 29.1. The summed E-state index contributed by atoms with van der Waals surface area (Å²) in [4.78, 5) is 0. The largest absolute Gasteiger partial charge is 0.488 e. The lowest BCUT2D eigenvalue weighted by molar-refractivity contribution is 0.318. The van der Waals surface area contributed by atoms with Crippen LogP contribution >= 0.6 is 63.7 Å². The van der Waals surface area contributed by atoms with Crippen LogP contribution in [0.2, 0.25) is 0 Å². The van der Waals surface area contributed by atoms with Crippen molar-refractivity contribution < 1.29 is 45.3 Å². The van der Waals surface area contributed by atoms with Crippen LogP contribution in [0.5, 0.6) is 0 Å². The second kappa shape index (κ2) is 24.0. The van der Waals surface area contributed by atoms with Crippen LogP contribution in [0.3, 0.4) is 0 Å². The van der Waals surface area contributed by atoms with Crippen LogP contribution < -0.4 is 21.9 Å². The average Bonchev–Trinajstić information content (AvgIpc) is 2.95. The van der Waals surface area contributed by atoms with Crippen LogP contribution in [0.4, 0.5) is 0 Å². The summed E-state index contributed by atoms with van der Waals surface area (Å²) < 4.78 is 3.71. The minimum absolute atomic E-state index is 0.250. The summed E-state index contributed by atoms with van der Waals surface area (Å²) in [6.45, 7) is 1.93. The Morgan fingerprint density at radius 2 is 0.488 bits per heavy atom. The molecule has 0 fully saturated rings. The van der Waals surface area contributed by atoms with Gasteiger partial charge in [-0.15, -0.1) is 0 Å². The lowest BCUT2D eigenvalue weighted by Crippen LogP contribution is -2.29. The summed E-state index contributed by atoms with van der Waals surface area (Å²) in [6, 6.07) is 27.3. The van der Waals surface area contributed by atoms with Gasteiger partial charge in [-0.25, -0.2) is 0 Å². The van der Waals surface area contributed by atoms with Gasteiger partial charge in [0.05, 0.1) is 0 Å². The fourth-order valence-electron chi connectivity index (χ4n) is 2.54. The quantitative estimate of drug-likeness (QED) is 0.132. The van der Waals surface area contributed by atoms with Gasteiger partial charge in [0.25, 0.3) is 0 Å². The molecule has 43 heavy (non-hydrogen) atoms. The zero-order chi connectivity index (χ0) is 32.9. The van der Waals surface area contributed by atoms with Gasteiger partial charge in [-0.05, 0) is 77.3 Å². The fraction of sp³-hybridized carbons (Fsp3) is 0.0769. The highest BCUT2D eigenvalue weighted by atomic mass is 79.9. The maximum absolute atomic E-state index is 8.65. The van der Waals surface area contributed by atoms with Crippen LogP contribution in [-0.4, -0.2) is 80.4 Å². The maximum Gasteiger partial charge on any atom is 0.488 e. The normalized spacial score (nSPS) is 9.26. The molecule has 0 aliphatic carbocycles. The lowest BCUT2D eigenvalue weighted by atomic mass is 9.81. The summed E-state index contributed by atoms with van der Waals surface area (Å²) in [6.07, 6.45) is 0. The smallest absolute Gasteiger partial charge is 0.423 e. The molecule has 0 saturated carbocycles. The second-order valence-corrected chi connectivity index (χ2v) is 11.7. The van der Waals surface area contributed by atoms with E-state index in [9.17, 15) is 0 Å². The first-order valence-corrected chi connectivity index (χ1v) is 15.5. The van der Waals surface area contributed by atoms with Crippen LogP contribution in [0, 0.1) is 0 Å². The number of hydrogen-bond donors (Lipinski definition) is 9. The van der Waals surface area contributed by atoms with E-state index in [-0.39, 0.29) is 6.61 Å². The molecule has 0 aliphatic heterocycles. The van der Waals surface area contributed by atoms with Gasteiger partial charge in [0, 0.05) is 24.5 Å². The standard InChI is InChI=1S/4C6H6BBrO2.C2H6O/c4*8-6-3-1-5(2-4-6)7(9)10;1-2-3/h4*1-4,9-10H;3H,2H2,1H3. The molecule has 0 unspecified atom stereocenters. The van der Waals surface area contributed by atoms with Gasteiger partial charge in [0.1, 0.15) is 0 Å². The van der Waals surface area contributed by atoms with E-state index in [0.29, 0.717) is 21.9 Å². The lowest BCUT2D eigenvalue weighted by Gasteiger charge is -1.96. The second-order valence-electron chi connectivity index (χ2n) is 8.02. The van der Waals surface area contributed by atoms with Crippen molar-refractivity contribution in [1.29, 1.82) is 0 Å². The Labute approximate surface area is 286 Å². The van der Waals surface area contributed by atoms with E-state index in [1.807, 2.05) is 0 Å². The van der Waals surface area contributed by atoms with Crippen molar-refractivity contribution in [3.8, 4) is 0 Å². The third kappa shape index (κ3) is 20.4. The van der Waals surface area contributed by atoms with Crippen LogP contribution in [0.1, 0.15) is 6.92 Å². The number of aliphatic hydroxyl groups is 1. The molecular formula is C26H30B4Br4O9. The molecule has 0 bridgehead atoms. The van der Waals surface area contributed by atoms with Crippen molar-refractivity contribution in [3.05, 3.63) is 115 Å². The average molecular weight is 849 g/mol. The van der Waals surface area contributed by atoms with Gasteiger partial charge in [-0.2, -0.15) is 0 Å². The van der Waals surface area contributed by atoms with Crippen LogP contribution in [0.25, 0.3) is 0 Å². The Kier molecular flexibility index (Phi) is 23.3. The van der Waals surface area contributed by atoms with Gasteiger partial charge >= 0.3 is 28.5 Å². The van der Waals surface area contributed by atoms with Crippen molar-refractivity contribution in [2.24, 2.45) is 0 Å². The fourth-order valence-corrected chi connectivity index (χ4v) is 3.60. The van der Waals surface area contributed by atoms with Gasteiger partial charge in [-0.1, -0.05) is 112 Å². The highest BCUT2D eigenvalue weighted by Gasteiger charge is 2.10. The molecule has 0 spiro atoms. The molecule has 0 heterocycles. The molecule has 4 aromatic rings. The number of aliphatic hydroxyl groups excluding tert-OH is 1. The molecule has 0 saturated heterocycles. The van der Waals surface area contributed by atoms with Crippen molar-refractivity contribution in [2.75, 3.05) is 6.61 Å². The maximum atomic E-state index is 8.65. The predicted octanol–water partition coefficient (Wildman–Crippen LogP) is 0.514. The van der Waals surface area contributed by atoms with Crippen molar-refractivity contribution in [1.82, 2.24) is 0 Å². The molecule has 0 aliphatic rings. The van der Waals surface area contributed by atoms with Gasteiger partial charge in [-0.3, -0.25) is 0 Å². The number of hydrogen-bond acceptors (Lipinski definition) is 9. The Morgan fingerprint density at radius 3 is 0.581 bits per heavy atom. The number of rotatable bonds is 4. The summed E-state index contributed by atoms with van der Waals surface area (Å²) in [5.74, 6) is 0. The zero-order valence-electron chi connectivity index (χ0n) is 22.8. The monoisotopic (exact) mass is 846 g/mol. The highest BCUT2D eigenvalue weighted by Crippen LogP contribution is 2.07. The molecule has 228 valence electrons. The molecule has 9 nitrogen and oxygen atoms in total. The Bertz CT molecular complexity index is 1060. The highest BCUT2D eigenvalue weighted by molar-refractivity contribution is 9.11. The van der Waals surface area contributed by atoms with Crippen molar-refractivity contribution >= 4 is 114 Å². The third-order valence-electron chi connectivity index (χ3n) is 4.67. The minimum atomic E-state index is -1.37. The summed E-state index contributed by atoms with van der Waals surface area (Å²) in [7, 11) is -5.47. The Hall–Kier alpha value is -1.30. The molecule has 0 radical (unpaired) electrons. The van der Waals surface area contributed by atoms with Crippen molar-refractivity contribution in [3.63, 3.8) is 0 Å². The SMILES string of the molecule is CCO.OB(O)c1ccc(Br)cc1.OB(O)c1ccc(Br)cc1.OB(O)c1ccc(Br)cc1.OB(O)c1ccc(Br)cc1. The molecule has 0 aromatic heterocycles. The molecule has 0 amide bonds. The summed E-state index contributed by atoms with van der Waals surface area (Å²) in [5.41, 5.74) is 2.01. The molecule has 9 N–H and O–H groups in total. The summed E-state index contributed by atoms with van der Waals surface area (Å²) in [5, 5.41) is 76.8. The first kappa shape index (κ1) is 41.7. The molecule has 0 atom stereocenters. The predicted molar refractivity (Wildman–Crippen MR) is 189 cm³/mol. The van der Waals surface area contributed by atoms with Gasteiger partial charge in [0.2, 0.25) is 0 Å². The van der Waals surface area contributed by atoms with E-state index in [1.165, 1.54) is 0 Å². The van der Waals surface area contributed by atoms with E-state index >= 15 is 0 Å². The first-order valence-electron chi connectivity index (χ1n) is 12.3. The summed E-state index contributed by atoms with van der Waals surface area (Å²) >= 11 is 12.9. The van der Waals surface area contributed by atoms with E-state index in [0.717, 1.165) is 17.9 Å². The topological polar surface area (TPSA) is 182 Å². The van der Waals surface area contributed by atoms with Crippen LogP contribution in [0.15, 0.2) is 115 Å². The van der Waals surface area contributed by atoms with E-state index in [4.69, 9.17) is 45.3 Å². The minimum Gasteiger partial charge on any atom is -0.423 e. The number of halogens is 4. The molecule has 4 rings (SSSR count). The van der Waals surface area contributed by atoms with Crippen LogP contribution in [-0.2, 0) is 0 Å². The van der Waals surface area contributed by atoms with E-state index in [1.54, 1.807) is 104 Å². The Balaban J connectivity index is 0.000000530. The molecule has 4 aromatic carbocycles. The van der Waals surface area contributed by atoms with E-state index in [2.05, 4.69) is 63.7 Å². The van der Waals surface area contributed by atoms with Crippen molar-refractivity contribution in [2.45, 2.75) is 6.92 Å². The van der Waals surface area contributed by atoms with Gasteiger partial charge in [0.15, 0.2) is 0 Å².